The van der Waals surface area contributed by atoms with Crippen LogP contribution in [0.15, 0.2) is 12.2 Å². The Labute approximate surface area is 108 Å². The number of ether oxygens (including phenoxy) is 1. The number of imidazole rings is 1. The van der Waals surface area contributed by atoms with E-state index in [1.54, 1.807) is 6.92 Å². The zero-order valence-electron chi connectivity index (χ0n) is 11.3. The summed E-state index contributed by atoms with van der Waals surface area (Å²) in [6, 6.07) is 0. The van der Waals surface area contributed by atoms with Crippen LogP contribution in [-0.2, 0) is 17.7 Å². The lowest BCUT2D eigenvalue weighted by Gasteiger charge is -2.06. The molecular weight excluding hydrogens is 230 g/mol. The zero-order chi connectivity index (χ0) is 13.5. The quantitative estimate of drug-likeness (QED) is 0.621. The number of carbonyl (C=O) groups excluding carboxylic acids is 1. The highest BCUT2D eigenvalue weighted by Crippen LogP contribution is 2.17. The molecule has 0 saturated carbocycles. The maximum atomic E-state index is 11.7. The first kappa shape index (κ1) is 14.3. The van der Waals surface area contributed by atoms with Crippen molar-refractivity contribution in [2.75, 3.05) is 12.3 Å². The molecule has 2 N–H and O–H groups in total. The second kappa shape index (κ2) is 6.83. The predicted molar refractivity (Wildman–Crippen MR) is 71.4 cm³/mol. The summed E-state index contributed by atoms with van der Waals surface area (Å²) in [7, 11) is 0. The van der Waals surface area contributed by atoms with Crippen molar-refractivity contribution >= 4 is 11.8 Å². The highest BCUT2D eigenvalue weighted by molar-refractivity contribution is 5.92. The lowest BCUT2D eigenvalue weighted by Crippen LogP contribution is -2.10. The highest BCUT2D eigenvalue weighted by Gasteiger charge is 2.20. The van der Waals surface area contributed by atoms with E-state index in [4.69, 9.17) is 10.5 Å². The Morgan fingerprint density at radius 1 is 1.50 bits per heavy atom. The summed E-state index contributed by atoms with van der Waals surface area (Å²) in [5, 5.41) is 0. The monoisotopic (exact) mass is 251 g/mol. The van der Waals surface area contributed by atoms with Gasteiger partial charge in [0.25, 0.3) is 0 Å². The molecule has 1 aromatic heterocycles. The van der Waals surface area contributed by atoms with Gasteiger partial charge >= 0.3 is 5.97 Å². The van der Waals surface area contributed by atoms with Gasteiger partial charge in [-0.15, -0.1) is 0 Å². The van der Waals surface area contributed by atoms with Crippen LogP contribution >= 0.6 is 0 Å². The first-order chi connectivity index (χ1) is 8.65. The van der Waals surface area contributed by atoms with Gasteiger partial charge < -0.3 is 15.0 Å². The average Bonchev–Trinajstić information content (AvgIpc) is 2.67. The van der Waals surface area contributed by atoms with Crippen molar-refractivity contribution in [2.24, 2.45) is 0 Å². The van der Waals surface area contributed by atoms with Gasteiger partial charge in [-0.2, -0.15) is 0 Å². The molecule has 0 fully saturated rings. The fraction of sp³-hybridized carbons (Fsp3) is 0.538. The molecule has 1 heterocycles. The molecule has 5 nitrogen and oxygen atoms in total. The molecule has 0 amide bonds. The fourth-order valence-corrected chi connectivity index (χ4v) is 1.75. The summed E-state index contributed by atoms with van der Waals surface area (Å²) in [5.74, 6) is 0.768. The van der Waals surface area contributed by atoms with Gasteiger partial charge in [0, 0.05) is 13.0 Å². The summed E-state index contributed by atoms with van der Waals surface area (Å²) in [5.41, 5.74) is 6.20. The Bertz CT molecular complexity index is 436. The van der Waals surface area contributed by atoms with E-state index in [-0.39, 0.29) is 5.69 Å². The van der Waals surface area contributed by atoms with Crippen LogP contribution in [-0.4, -0.2) is 22.1 Å². The molecule has 0 aliphatic rings. The largest absolute Gasteiger partial charge is 0.461 e. The molecule has 0 bridgehead atoms. The number of rotatable bonds is 6. The molecule has 1 aromatic rings. The fourth-order valence-electron chi connectivity index (χ4n) is 1.75. The van der Waals surface area contributed by atoms with Gasteiger partial charge in [0.1, 0.15) is 11.6 Å². The minimum Gasteiger partial charge on any atom is -0.461 e. The molecule has 0 aromatic carbocycles. The minimum atomic E-state index is -0.450. The van der Waals surface area contributed by atoms with E-state index in [0.29, 0.717) is 12.4 Å². The number of nitrogens with two attached hydrogens (primary N) is 1. The van der Waals surface area contributed by atoms with E-state index >= 15 is 0 Å². The van der Waals surface area contributed by atoms with E-state index in [2.05, 4.69) is 11.1 Å². The molecule has 5 heteroatoms. The Kier molecular flexibility index (Phi) is 5.42. The Hall–Kier alpha value is -1.78. The normalized spacial score (nSPS) is 11.1. The molecule has 0 saturated heterocycles. The van der Waals surface area contributed by atoms with Gasteiger partial charge in [-0.25, -0.2) is 9.78 Å². The molecule has 0 atom stereocenters. The Morgan fingerprint density at radius 3 is 2.78 bits per heavy atom. The van der Waals surface area contributed by atoms with E-state index in [0.717, 1.165) is 25.2 Å². The number of carbonyl (C=O) groups is 1. The third-order valence-electron chi connectivity index (χ3n) is 2.63. The summed E-state index contributed by atoms with van der Waals surface area (Å²) < 4.78 is 6.82. The lowest BCUT2D eigenvalue weighted by atomic mass is 10.3. The van der Waals surface area contributed by atoms with Crippen LogP contribution in [0, 0.1) is 0 Å². The number of hydrogen-bond donors (Lipinski definition) is 1. The van der Waals surface area contributed by atoms with E-state index in [9.17, 15) is 4.79 Å². The number of nitrogens with zero attached hydrogens (tertiary/aromatic N) is 2. The number of esters is 1. The van der Waals surface area contributed by atoms with Gasteiger partial charge in [-0.3, -0.25) is 0 Å². The summed E-state index contributed by atoms with van der Waals surface area (Å²) >= 11 is 0. The van der Waals surface area contributed by atoms with Gasteiger partial charge in [0.15, 0.2) is 5.69 Å². The van der Waals surface area contributed by atoms with Crippen LogP contribution in [0.25, 0.3) is 0 Å². The maximum absolute atomic E-state index is 11.7. The smallest absolute Gasteiger partial charge is 0.360 e. The first-order valence-electron chi connectivity index (χ1n) is 6.28. The van der Waals surface area contributed by atoms with Gasteiger partial charge in [0.2, 0.25) is 0 Å². The molecule has 0 spiro atoms. The summed E-state index contributed by atoms with van der Waals surface area (Å²) in [6.07, 6.45) is 5.65. The molecule has 0 aliphatic carbocycles. The van der Waals surface area contributed by atoms with Crippen LogP contribution in [0.3, 0.4) is 0 Å². The van der Waals surface area contributed by atoms with E-state index < -0.39 is 5.97 Å². The first-order valence-corrected chi connectivity index (χ1v) is 6.28. The number of aryl methyl sites for hydroxylation is 1. The summed E-state index contributed by atoms with van der Waals surface area (Å²) in [4.78, 5) is 15.9. The van der Waals surface area contributed by atoms with Crippen molar-refractivity contribution in [3.63, 3.8) is 0 Å². The number of allylic oxidation sites excluding steroid dienone is 2. The number of aromatic nitrogens is 2. The van der Waals surface area contributed by atoms with Crippen molar-refractivity contribution in [3.05, 3.63) is 23.7 Å². The average molecular weight is 251 g/mol. The maximum Gasteiger partial charge on any atom is 0.360 e. The molecule has 18 heavy (non-hydrogen) atoms. The molecular formula is C13H21N3O2. The van der Waals surface area contributed by atoms with E-state index in [1.807, 2.05) is 24.5 Å². The van der Waals surface area contributed by atoms with Gasteiger partial charge in [0.05, 0.1) is 6.61 Å². The van der Waals surface area contributed by atoms with Crippen LogP contribution in [0.1, 0.15) is 43.5 Å². The number of anilines is 1. The SMILES string of the molecule is C/C=C/CCn1c(CC)nc(C(=O)OCC)c1N. The van der Waals surface area contributed by atoms with Gasteiger partial charge in [-0.05, 0) is 20.3 Å². The van der Waals surface area contributed by atoms with Gasteiger partial charge in [-0.1, -0.05) is 19.1 Å². The number of hydrogen-bond acceptors (Lipinski definition) is 4. The third kappa shape index (κ3) is 3.12. The minimum absolute atomic E-state index is 0.231. The predicted octanol–water partition coefficient (Wildman–Crippen LogP) is 2.17. The second-order valence-electron chi connectivity index (χ2n) is 3.85. The van der Waals surface area contributed by atoms with Crippen LogP contribution in [0.2, 0.25) is 0 Å². The van der Waals surface area contributed by atoms with Crippen molar-refractivity contribution < 1.29 is 9.53 Å². The van der Waals surface area contributed by atoms with Crippen molar-refractivity contribution in [3.8, 4) is 0 Å². The third-order valence-corrected chi connectivity index (χ3v) is 2.63. The topological polar surface area (TPSA) is 70.1 Å². The molecule has 100 valence electrons. The Balaban J connectivity index is 2.98. The van der Waals surface area contributed by atoms with Crippen molar-refractivity contribution in [2.45, 2.75) is 40.2 Å². The summed E-state index contributed by atoms with van der Waals surface area (Å²) in [6.45, 7) is 6.78. The Morgan fingerprint density at radius 2 is 2.22 bits per heavy atom. The van der Waals surface area contributed by atoms with Crippen LogP contribution in [0.5, 0.6) is 0 Å². The molecule has 1 rings (SSSR count). The van der Waals surface area contributed by atoms with Crippen LogP contribution in [0.4, 0.5) is 5.82 Å². The highest BCUT2D eigenvalue weighted by atomic mass is 16.5. The number of nitrogen functional groups attached to an aromatic ring is 1. The molecule has 0 unspecified atom stereocenters. The van der Waals surface area contributed by atoms with Crippen molar-refractivity contribution in [1.82, 2.24) is 9.55 Å². The molecule has 0 aliphatic heterocycles. The second-order valence-corrected chi connectivity index (χ2v) is 3.85. The lowest BCUT2D eigenvalue weighted by molar-refractivity contribution is 0.0521. The standard InChI is InChI=1S/C13H21N3O2/c1-4-7-8-9-16-10(5-2)15-11(12(16)14)13(17)18-6-3/h4,7H,5-6,8-9,14H2,1-3H3/b7-4+. The van der Waals surface area contributed by atoms with E-state index in [1.165, 1.54) is 0 Å². The van der Waals surface area contributed by atoms with Crippen LogP contribution < -0.4 is 5.73 Å². The zero-order valence-corrected chi connectivity index (χ0v) is 11.3. The van der Waals surface area contributed by atoms with Crippen molar-refractivity contribution in [1.29, 1.82) is 0 Å². The molecule has 0 radical (unpaired) electrons.